The topological polar surface area (TPSA) is 29.1 Å². The van der Waals surface area contributed by atoms with Gasteiger partial charge in [0.1, 0.15) is 0 Å². The maximum Gasteiger partial charge on any atom is 0.224 e. The van der Waals surface area contributed by atoms with E-state index in [1.807, 2.05) is 20.8 Å². The third-order valence-corrected chi connectivity index (χ3v) is 2.27. The molecule has 2 nitrogen and oxygen atoms in total. The first-order valence-electron chi connectivity index (χ1n) is 5.14. The van der Waals surface area contributed by atoms with E-state index in [0.717, 1.165) is 12.8 Å². The van der Waals surface area contributed by atoms with Crippen molar-refractivity contribution in [3.05, 3.63) is 6.42 Å². The van der Waals surface area contributed by atoms with Crippen molar-refractivity contribution in [1.82, 2.24) is 5.32 Å². The Hall–Kier alpha value is -0.530. The molecule has 0 atom stereocenters. The van der Waals surface area contributed by atoms with Gasteiger partial charge < -0.3 is 5.32 Å². The summed E-state index contributed by atoms with van der Waals surface area (Å²) in [5.41, 5.74) is -0.0112. The van der Waals surface area contributed by atoms with E-state index in [4.69, 9.17) is 0 Å². The minimum Gasteiger partial charge on any atom is -0.353 e. The Morgan fingerprint density at radius 3 is 2.31 bits per heavy atom. The standard InChI is InChI=1S/C11H20NO/c1-11(2,3)8-10(13)12-9-6-4-5-7-9/h8-9H,4-7H2,1-3H3,(H,12,13). The van der Waals surface area contributed by atoms with Gasteiger partial charge in [-0.1, -0.05) is 33.6 Å². The lowest BCUT2D eigenvalue weighted by Crippen LogP contribution is -2.35. The summed E-state index contributed by atoms with van der Waals surface area (Å²) in [6, 6.07) is 0.436. The van der Waals surface area contributed by atoms with Crippen molar-refractivity contribution in [2.24, 2.45) is 5.41 Å². The minimum atomic E-state index is -0.0112. The van der Waals surface area contributed by atoms with Crippen molar-refractivity contribution in [1.29, 1.82) is 0 Å². The van der Waals surface area contributed by atoms with E-state index in [1.165, 1.54) is 12.8 Å². The molecule has 1 N–H and O–H groups in total. The van der Waals surface area contributed by atoms with E-state index in [9.17, 15) is 4.79 Å². The number of amides is 1. The highest BCUT2D eigenvalue weighted by atomic mass is 16.1. The van der Waals surface area contributed by atoms with Crippen LogP contribution in [0.4, 0.5) is 0 Å². The van der Waals surface area contributed by atoms with E-state index in [1.54, 1.807) is 6.42 Å². The predicted molar refractivity (Wildman–Crippen MR) is 54.2 cm³/mol. The zero-order valence-electron chi connectivity index (χ0n) is 8.89. The average molecular weight is 182 g/mol. The molecule has 2 heteroatoms. The SMILES string of the molecule is CC(C)(C)[CH]C(=O)NC1CCCC1. The van der Waals surface area contributed by atoms with Crippen LogP contribution < -0.4 is 5.32 Å². The molecule has 0 aromatic rings. The molecule has 1 fully saturated rings. The second-order valence-electron chi connectivity index (χ2n) is 5.00. The van der Waals surface area contributed by atoms with Crippen LogP contribution in [0.5, 0.6) is 0 Å². The number of carbonyl (C=O) groups excluding carboxylic acids is 1. The molecule has 1 radical (unpaired) electrons. The molecular weight excluding hydrogens is 162 g/mol. The van der Waals surface area contributed by atoms with Gasteiger partial charge in [-0.2, -0.15) is 0 Å². The van der Waals surface area contributed by atoms with Gasteiger partial charge in [-0.25, -0.2) is 0 Å². The molecule has 1 aliphatic carbocycles. The van der Waals surface area contributed by atoms with Gasteiger partial charge >= 0.3 is 0 Å². The Balaban J connectivity index is 2.24. The summed E-state index contributed by atoms with van der Waals surface area (Å²) >= 11 is 0. The Morgan fingerprint density at radius 2 is 1.85 bits per heavy atom. The summed E-state index contributed by atoms with van der Waals surface area (Å²) in [6.45, 7) is 6.13. The van der Waals surface area contributed by atoms with Crippen LogP contribution in [-0.4, -0.2) is 11.9 Å². The highest BCUT2D eigenvalue weighted by Gasteiger charge is 2.21. The zero-order valence-corrected chi connectivity index (χ0v) is 8.89. The molecule has 0 spiro atoms. The summed E-state index contributed by atoms with van der Waals surface area (Å²) < 4.78 is 0. The predicted octanol–water partition coefficient (Wildman–Crippen LogP) is 2.30. The third kappa shape index (κ3) is 4.30. The molecule has 1 saturated carbocycles. The zero-order chi connectivity index (χ0) is 9.90. The van der Waals surface area contributed by atoms with Gasteiger partial charge in [0.15, 0.2) is 0 Å². The van der Waals surface area contributed by atoms with E-state index < -0.39 is 0 Å². The molecule has 0 heterocycles. The van der Waals surface area contributed by atoms with Crippen molar-refractivity contribution in [2.75, 3.05) is 0 Å². The highest BCUT2D eigenvalue weighted by molar-refractivity contribution is 5.85. The normalized spacial score (nSPS) is 19.0. The molecule has 1 amide bonds. The summed E-state index contributed by atoms with van der Waals surface area (Å²) in [5.74, 6) is 0.0967. The summed E-state index contributed by atoms with van der Waals surface area (Å²) in [5, 5.41) is 3.04. The molecule has 75 valence electrons. The Labute approximate surface area is 81.1 Å². The average Bonchev–Trinajstić information content (AvgIpc) is 2.34. The van der Waals surface area contributed by atoms with Gasteiger partial charge in [0.05, 0.1) is 6.42 Å². The molecule has 0 aromatic heterocycles. The van der Waals surface area contributed by atoms with Crippen LogP contribution in [0.25, 0.3) is 0 Å². The number of hydrogen-bond donors (Lipinski definition) is 1. The van der Waals surface area contributed by atoms with Crippen molar-refractivity contribution < 1.29 is 4.79 Å². The van der Waals surface area contributed by atoms with E-state index in [-0.39, 0.29) is 11.3 Å². The maximum absolute atomic E-state index is 11.4. The molecule has 1 aliphatic rings. The summed E-state index contributed by atoms with van der Waals surface area (Å²) in [7, 11) is 0. The molecule has 0 bridgehead atoms. The summed E-state index contributed by atoms with van der Waals surface area (Å²) in [4.78, 5) is 11.4. The van der Waals surface area contributed by atoms with Crippen LogP contribution in [0.3, 0.4) is 0 Å². The van der Waals surface area contributed by atoms with Crippen molar-refractivity contribution in [2.45, 2.75) is 52.5 Å². The van der Waals surface area contributed by atoms with Gasteiger partial charge in [0.25, 0.3) is 0 Å². The number of rotatable bonds is 2. The van der Waals surface area contributed by atoms with E-state index >= 15 is 0 Å². The Kier molecular flexibility index (Phi) is 3.34. The van der Waals surface area contributed by atoms with Gasteiger partial charge in [-0.15, -0.1) is 0 Å². The quantitative estimate of drug-likeness (QED) is 0.697. The fraction of sp³-hybridized carbons (Fsp3) is 0.818. The maximum atomic E-state index is 11.4. The number of hydrogen-bond acceptors (Lipinski definition) is 1. The molecule has 0 aliphatic heterocycles. The lowest BCUT2D eigenvalue weighted by atomic mass is 9.92. The third-order valence-electron chi connectivity index (χ3n) is 2.27. The molecule has 0 saturated heterocycles. The molecule has 1 rings (SSSR count). The monoisotopic (exact) mass is 182 g/mol. The van der Waals surface area contributed by atoms with Gasteiger partial charge in [-0.3, -0.25) is 4.79 Å². The Morgan fingerprint density at radius 1 is 1.31 bits per heavy atom. The summed E-state index contributed by atoms with van der Waals surface area (Å²) in [6.07, 6.45) is 6.61. The van der Waals surface area contributed by atoms with Gasteiger partial charge in [-0.05, 0) is 18.3 Å². The van der Waals surface area contributed by atoms with Crippen LogP contribution >= 0.6 is 0 Å². The van der Waals surface area contributed by atoms with Crippen molar-refractivity contribution >= 4 is 5.91 Å². The largest absolute Gasteiger partial charge is 0.353 e. The second-order valence-corrected chi connectivity index (χ2v) is 5.00. The van der Waals surface area contributed by atoms with Gasteiger partial charge in [0, 0.05) is 6.04 Å². The van der Waals surface area contributed by atoms with Crippen LogP contribution in [0, 0.1) is 11.8 Å². The van der Waals surface area contributed by atoms with Gasteiger partial charge in [0.2, 0.25) is 5.91 Å². The smallest absolute Gasteiger partial charge is 0.224 e. The lowest BCUT2D eigenvalue weighted by molar-refractivity contribution is -0.119. The lowest BCUT2D eigenvalue weighted by Gasteiger charge is -2.19. The fourth-order valence-electron chi connectivity index (χ4n) is 1.71. The number of carbonyl (C=O) groups is 1. The molecule has 0 aromatic carbocycles. The van der Waals surface area contributed by atoms with Crippen LogP contribution in [-0.2, 0) is 4.79 Å². The first-order valence-corrected chi connectivity index (χ1v) is 5.14. The second kappa shape index (κ2) is 4.12. The fourth-order valence-corrected chi connectivity index (χ4v) is 1.71. The number of nitrogens with one attached hydrogen (secondary N) is 1. The van der Waals surface area contributed by atoms with Crippen LogP contribution in [0.15, 0.2) is 0 Å². The molecule has 13 heavy (non-hydrogen) atoms. The molecular formula is C11H20NO. The Bertz CT molecular complexity index is 175. The van der Waals surface area contributed by atoms with E-state index in [0.29, 0.717) is 6.04 Å². The first-order chi connectivity index (χ1) is 5.97. The van der Waals surface area contributed by atoms with Crippen LogP contribution in [0.1, 0.15) is 46.5 Å². The highest BCUT2D eigenvalue weighted by Crippen LogP contribution is 2.20. The van der Waals surface area contributed by atoms with Crippen molar-refractivity contribution in [3.63, 3.8) is 0 Å². The minimum absolute atomic E-state index is 0.0112. The van der Waals surface area contributed by atoms with Crippen molar-refractivity contribution in [3.8, 4) is 0 Å². The first kappa shape index (κ1) is 10.6. The molecule has 0 unspecified atom stereocenters. The van der Waals surface area contributed by atoms with Crippen LogP contribution in [0.2, 0.25) is 0 Å². The van der Waals surface area contributed by atoms with E-state index in [2.05, 4.69) is 5.32 Å².